The van der Waals surface area contributed by atoms with Gasteiger partial charge in [-0.25, -0.2) is 0 Å². The molecule has 3 saturated carbocycles. The molecule has 5 aliphatic rings. The summed E-state index contributed by atoms with van der Waals surface area (Å²) in [5, 5.41) is 44.6. The number of fused-ring (bicyclic) bond motifs is 4. The molecule has 10 atom stereocenters. The first-order chi connectivity index (χ1) is 16.0. The maximum atomic E-state index is 14.0. The first-order valence-electron chi connectivity index (χ1n) is 14.0. The number of ketones is 1. The molecule has 0 aromatic heterocycles. The van der Waals surface area contributed by atoms with Crippen LogP contribution in [0.25, 0.3) is 0 Å². The van der Waals surface area contributed by atoms with Crippen molar-refractivity contribution >= 4 is 5.78 Å². The van der Waals surface area contributed by atoms with Gasteiger partial charge in [-0.1, -0.05) is 34.6 Å². The van der Waals surface area contributed by atoms with Gasteiger partial charge in [0.1, 0.15) is 0 Å². The summed E-state index contributed by atoms with van der Waals surface area (Å²) in [5.41, 5.74) is -0.328. The molecule has 4 N–H and O–H groups in total. The Bertz CT molecular complexity index is 945. The lowest BCUT2D eigenvalue weighted by atomic mass is 9.42. The summed E-state index contributed by atoms with van der Waals surface area (Å²) in [6.45, 7) is 14.5. The van der Waals surface area contributed by atoms with Gasteiger partial charge in [0.15, 0.2) is 5.78 Å². The predicted octanol–water partition coefficient (Wildman–Crippen LogP) is 4.40. The lowest BCUT2D eigenvalue weighted by Gasteiger charge is -2.62. The molecule has 5 aliphatic carbocycles. The van der Waals surface area contributed by atoms with E-state index in [2.05, 4.69) is 34.6 Å². The van der Waals surface area contributed by atoms with Crippen molar-refractivity contribution in [1.82, 2.24) is 0 Å². The highest BCUT2D eigenvalue weighted by molar-refractivity contribution is 6.00. The molecular weight excluding hydrogens is 440 g/mol. The Kier molecular flexibility index (Phi) is 5.65. The summed E-state index contributed by atoms with van der Waals surface area (Å²) in [6.07, 6.45) is 4.42. The van der Waals surface area contributed by atoms with Crippen LogP contribution in [0, 0.1) is 45.3 Å². The van der Waals surface area contributed by atoms with Gasteiger partial charge in [-0.05, 0) is 98.4 Å². The zero-order valence-corrected chi connectivity index (χ0v) is 22.9. The highest BCUT2D eigenvalue weighted by Crippen LogP contribution is 2.72. The van der Waals surface area contributed by atoms with Gasteiger partial charge in [-0.2, -0.15) is 0 Å². The van der Waals surface area contributed by atoms with Gasteiger partial charge in [0.2, 0.25) is 0 Å². The summed E-state index contributed by atoms with van der Waals surface area (Å²) in [6, 6.07) is 0. The number of allylic oxidation sites excluding steroid dienone is 1. The SMILES string of the molecule is CC(C)(O)[C@@H]1CC[C@H]([C@@H]2CC[C@@]3(C)C4=C([C@H](O)C[C@]23C)[C@@]2(C)CC[C@@H](O)C(C)(C)[C@@H]2CC4=O)[C@@H]1O. The fraction of sp³-hybridized carbons (Fsp3) is 0.900. The van der Waals surface area contributed by atoms with Gasteiger partial charge in [0.05, 0.1) is 23.9 Å². The number of rotatable bonds is 2. The van der Waals surface area contributed by atoms with Gasteiger partial charge in [-0.15, -0.1) is 0 Å². The molecule has 0 aliphatic heterocycles. The second-order valence-corrected chi connectivity index (χ2v) is 14.9. The minimum atomic E-state index is -0.917. The van der Waals surface area contributed by atoms with Crippen LogP contribution in [-0.2, 0) is 4.79 Å². The lowest BCUT2D eigenvalue weighted by Crippen LogP contribution is -2.60. The third-order valence-electron chi connectivity index (χ3n) is 12.6. The van der Waals surface area contributed by atoms with Crippen LogP contribution in [0.1, 0.15) is 99.8 Å². The third kappa shape index (κ3) is 3.23. The van der Waals surface area contributed by atoms with Crippen LogP contribution in [0.2, 0.25) is 0 Å². The molecule has 0 bridgehead atoms. The van der Waals surface area contributed by atoms with E-state index >= 15 is 0 Å². The Morgan fingerprint density at radius 1 is 0.914 bits per heavy atom. The number of carbonyl (C=O) groups excluding carboxylic acids is 1. The number of carbonyl (C=O) groups is 1. The van der Waals surface area contributed by atoms with E-state index in [1.54, 1.807) is 13.8 Å². The molecular formula is C30H48O5. The second-order valence-electron chi connectivity index (χ2n) is 14.9. The quantitative estimate of drug-likeness (QED) is 0.462. The van der Waals surface area contributed by atoms with E-state index < -0.39 is 23.9 Å². The second kappa shape index (κ2) is 7.65. The number of aliphatic hydroxyl groups is 4. The van der Waals surface area contributed by atoms with Crippen molar-refractivity contribution < 1.29 is 25.2 Å². The fourth-order valence-electron chi connectivity index (χ4n) is 10.4. The summed E-state index contributed by atoms with van der Waals surface area (Å²) >= 11 is 0. The van der Waals surface area contributed by atoms with Crippen molar-refractivity contribution in [1.29, 1.82) is 0 Å². The Hall–Kier alpha value is -0.750. The minimum absolute atomic E-state index is 0.0222. The summed E-state index contributed by atoms with van der Waals surface area (Å²) in [7, 11) is 0. The van der Waals surface area contributed by atoms with Crippen LogP contribution in [0.15, 0.2) is 11.1 Å². The van der Waals surface area contributed by atoms with Crippen LogP contribution < -0.4 is 0 Å². The van der Waals surface area contributed by atoms with Gasteiger partial charge in [0.25, 0.3) is 0 Å². The molecule has 0 aromatic rings. The van der Waals surface area contributed by atoms with E-state index in [1.165, 1.54) is 0 Å². The Labute approximate surface area is 211 Å². The van der Waals surface area contributed by atoms with Crippen LogP contribution in [-0.4, -0.2) is 50.1 Å². The van der Waals surface area contributed by atoms with Crippen LogP contribution in [0.5, 0.6) is 0 Å². The lowest BCUT2D eigenvalue weighted by molar-refractivity contribution is -0.138. The maximum Gasteiger partial charge on any atom is 0.159 e. The molecule has 0 radical (unpaired) electrons. The largest absolute Gasteiger partial charge is 0.393 e. The zero-order valence-electron chi connectivity index (χ0n) is 22.9. The number of aliphatic hydroxyl groups excluding tert-OH is 3. The molecule has 0 heterocycles. The van der Waals surface area contributed by atoms with Crippen molar-refractivity contribution in [3.05, 3.63) is 11.1 Å². The summed E-state index contributed by atoms with van der Waals surface area (Å²) < 4.78 is 0. The highest BCUT2D eigenvalue weighted by Gasteiger charge is 2.68. The predicted molar refractivity (Wildman–Crippen MR) is 135 cm³/mol. The monoisotopic (exact) mass is 488 g/mol. The molecule has 0 amide bonds. The maximum absolute atomic E-state index is 14.0. The van der Waals surface area contributed by atoms with Gasteiger partial charge >= 0.3 is 0 Å². The molecule has 35 heavy (non-hydrogen) atoms. The number of hydrogen-bond donors (Lipinski definition) is 4. The van der Waals surface area contributed by atoms with Crippen molar-refractivity contribution in [3.8, 4) is 0 Å². The smallest absolute Gasteiger partial charge is 0.159 e. The third-order valence-corrected chi connectivity index (χ3v) is 12.6. The molecule has 5 nitrogen and oxygen atoms in total. The molecule has 0 aromatic carbocycles. The van der Waals surface area contributed by atoms with Crippen LogP contribution in [0.3, 0.4) is 0 Å². The average molecular weight is 489 g/mol. The molecule has 0 saturated heterocycles. The topological polar surface area (TPSA) is 98.0 Å². The van der Waals surface area contributed by atoms with Crippen molar-refractivity contribution in [3.63, 3.8) is 0 Å². The van der Waals surface area contributed by atoms with Gasteiger partial charge in [0, 0.05) is 23.3 Å². The van der Waals surface area contributed by atoms with E-state index in [4.69, 9.17) is 0 Å². The average Bonchev–Trinajstić information content (AvgIpc) is 3.24. The summed E-state index contributed by atoms with van der Waals surface area (Å²) in [4.78, 5) is 14.0. The van der Waals surface area contributed by atoms with Crippen LogP contribution in [0.4, 0.5) is 0 Å². The zero-order chi connectivity index (χ0) is 25.9. The highest BCUT2D eigenvalue weighted by atomic mass is 16.3. The first-order valence-corrected chi connectivity index (χ1v) is 14.0. The minimum Gasteiger partial charge on any atom is -0.393 e. The Morgan fingerprint density at radius 2 is 1.57 bits per heavy atom. The van der Waals surface area contributed by atoms with Crippen molar-refractivity contribution in [2.24, 2.45) is 45.3 Å². The van der Waals surface area contributed by atoms with Gasteiger partial charge < -0.3 is 20.4 Å². The van der Waals surface area contributed by atoms with E-state index in [1.807, 2.05) is 0 Å². The normalized spacial score (nSPS) is 51.7. The molecule has 0 spiro atoms. The Balaban J connectivity index is 1.57. The number of hydrogen-bond acceptors (Lipinski definition) is 5. The molecule has 198 valence electrons. The number of Topliss-reactive ketones (excluding diaryl/α,β-unsaturated/α-hetero) is 1. The molecule has 0 unspecified atom stereocenters. The first kappa shape index (κ1) is 25.9. The molecule has 3 fully saturated rings. The molecule has 5 heteroatoms. The van der Waals surface area contributed by atoms with E-state index in [0.717, 1.165) is 43.3 Å². The Morgan fingerprint density at radius 3 is 2.17 bits per heavy atom. The van der Waals surface area contributed by atoms with Crippen molar-refractivity contribution in [2.75, 3.05) is 0 Å². The standard InChI is InChI=1S/C30H48O5/c1-26(2)21-14-19(31)24-23(28(21,5)12-11-22(26)33)20(32)15-30(7)17(10-13-29(24,30)6)16-8-9-18(25(16)34)27(3,4)35/h16-18,20-22,25,32-35H,8-15H2,1-7H3/t16-,17+,18-,20-,21+,22-,25+,28+,29+,30-/m1/s1. The van der Waals surface area contributed by atoms with E-state index in [-0.39, 0.29) is 51.1 Å². The van der Waals surface area contributed by atoms with Crippen LogP contribution >= 0.6 is 0 Å². The fourth-order valence-corrected chi connectivity index (χ4v) is 10.4. The summed E-state index contributed by atoms with van der Waals surface area (Å²) in [5.74, 6) is 0.339. The van der Waals surface area contributed by atoms with E-state index in [9.17, 15) is 25.2 Å². The molecule has 5 rings (SSSR count). The van der Waals surface area contributed by atoms with Gasteiger partial charge in [-0.3, -0.25) is 4.79 Å². The van der Waals surface area contributed by atoms with E-state index in [0.29, 0.717) is 19.3 Å². The van der Waals surface area contributed by atoms with Crippen molar-refractivity contribution in [2.45, 2.75) is 124 Å².